The maximum Gasteiger partial charge on any atom is 0.0910 e. The fourth-order valence-corrected chi connectivity index (χ4v) is 2.19. The summed E-state index contributed by atoms with van der Waals surface area (Å²) < 4.78 is 13.1. The van der Waals surface area contributed by atoms with Gasteiger partial charge in [0.15, 0.2) is 0 Å². The molecule has 1 aliphatic rings. The Bertz CT molecular complexity index is 169. The van der Waals surface area contributed by atoms with Gasteiger partial charge in [0.2, 0.25) is 0 Å². The maximum atomic E-state index is 11.1. The topological polar surface area (TPSA) is 20.3 Å². The SMILES string of the molecule is C=CC1CCCN(S(C)=O)C1. The van der Waals surface area contributed by atoms with E-state index in [0.717, 1.165) is 19.5 Å². The first-order valence-corrected chi connectivity index (χ1v) is 5.46. The number of hydrogen-bond donors (Lipinski definition) is 0. The zero-order valence-corrected chi connectivity index (χ0v) is 7.77. The van der Waals surface area contributed by atoms with Crippen molar-refractivity contribution in [1.82, 2.24) is 4.31 Å². The van der Waals surface area contributed by atoms with Crippen LogP contribution in [-0.2, 0) is 11.0 Å². The second-order valence-corrected chi connectivity index (χ2v) is 4.31. The first-order valence-electron chi connectivity index (χ1n) is 3.95. The summed E-state index contributed by atoms with van der Waals surface area (Å²) in [6.45, 7) is 5.66. The Hall–Kier alpha value is -0.150. The smallest absolute Gasteiger partial charge is 0.0910 e. The second-order valence-electron chi connectivity index (χ2n) is 2.95. The average molecular weight is 173 g/mol. The van der Waals surface area contributed by atoms with Crippen LogP contribution in [0.3, 0.4) is 0 Å². The molecule has 1 fully saturated rings. The van der Waals surface area contributed by atoms with Crippen molar-refractivity contribution in [3.8, 4) is 0 Å². The third-order valence-electron chi connectivity index (χ3n) is 2.12. The average Bonchev–Trinajstić information content (AvgIpc) is 2.05. The Morgan fingerprint density at radius 2 is 2.45 bits per heavy atom. The molecule has 0 N–H and O–H groups in total. The number of rotatable bonds is 2. The van der Waals surface area contributed by atoms with Crippen molar-refractivity contribution in [2.24, 2.45) is 5.92 Å². The molecule has 64 valence electrons. The molecule has 2 nitrogen and oxygen atoms in total. The molecule has 1 heterocycles. The summed E-state index contributed by atoms with van der Waals surface area (Å²) in [6, 6.07) is 0. The molecule has 2 atom stereocenters. The molecule has 0 aromatic heterocycles. The van der Waals surface area contributed by atoms with Gasteiger partial charge < -0.3 is 0 Å². The first kappa shape index (κ1) is 8.94. The minimum absolute atomic E-state index is 0.549. The van der Waals surface area contributed by atoms with E-state index >= 15 is 0 Å². The summed E-state index contributed by atoms with van der Waals surface area (Å²) in [4.78, 5) is 0. The van der Waals surface area contributed by atoms with Crippen LogP contribution in [0.2, 0.25) is 0 Å². The van der Waals surface area contributed by atoms with Crippen molar-refractivity contribution in [2.45, 2.75) is 12.8 Å². The van der Waals surface area contributed by atoms with Crippen LogP contribution < -0.4 is 0 Å². The first-order chi connectivity index (χ1) is 5.24. The number of piperidine rings is 1. The van der Waals surface area contributed by atoms with E-state index in [0.29, 0.717) is 5.92 Å². The van der Waals surface area contributed by atoms with Crippen LogP contribution >= 0.6 is 0 Å². The minimum atomic E-state index is -0.789. The van der Waals surface area contributed by atoms with Gasteiger partial charge in [0.25, 0.3) is 0 Å². The van der Waals surface area contributed by atoms with E-state index in [9.17, 15) is 4.21 Å². The predicted octanol–water partition coefficient (Wildman–Crippen LogP) is 1.18. The molecule has 0 aromatic rings. The molecule has 0 saturated carbocycles. The monoisotopic (exact) mass is 173 g/mol. The van der Waals surface area contributed by atoms with Crippen LogP contribution in [0.4, 0.5) is 0 Å². The van der Waals surface area contributed by atoms with Crippen LogP contribution in [-0.4, -0.2) is 27.9 Å². The molecule has 1 rings (SSSR count). The highest BCUT2D eigenvalue weighted by molar-refractivity contribution is 7.81. The Kier molecular flexibility index (Phi) is 3.27. The zero-order chi connectivity index (χ0) is 8.27. The summed E-state index contributed by atoms with van der Waals surface area (Å²) in [5.74, 6) is 0.549. The predicted molar refractivity (Wildman–Crippen MR) is 48.6 cm³/mol. The number of hydrogen-bond acceptors (Lipinski definition) is 1. The fourth-order valence-electron chi connectivity index (χ4n) is 1.40. The van der Waals surface area contributed by atoms with Gasteiger partial charge in [-0.15, -0.1) is 6.58 Å². The van der Waals surface area contributed by atoms with E-state index in [-0.39, 0.29) is 0 Å². The highest BCUT2D eigenvalue weighted by atomic mass is 32.2. The van der Waals surface area contributed by atoms with E-state index in [1.54, 1.807) is 6.26 Å². The normalized spacial score (nSPS) is 29.7. The third kappa shape index (κ3) is 2.42. The van der Waals surface area contributed by atoms with Crippen LogP contribution in [0.1, 0.15) is 12.8 Å². The lowest BCUT2D eigenvalue weighted by Crippen LogP contribution is -2.35. The van der Waals surface area contributed by atoms with Gasteiger partial charge >= 0.3 is 0 Å². The van der Waals surface area contributed by atoms with Crippen molar-refractivity contribution in [3.63, 3.8) is 0 Å². The van der Waals surface area contributed by atoms with Gasteiger partial charge in [-0.1, -0.05) is 6.08 Å². The second kappa shape index (κ2) is 4.02. The molecule has 0 bridgehead atoms. The lowest BCUT2D eigenvalue weighted by molar-refractivity contribution is 0.315. The lowest BCUT2D eigenvalue weighted by Gasteiger charge is -2.28. The fraction of sp³-hybridized carbons (Fsp3) is 0.750. The lowest BCUT2D eigenvalue weighted by atomic mass is 10.0. The van der Waals surface area contributed by atoms with Gasteiger partial charge in [-0.3, -0.25) is 0 Å². The quantitative estimate of drug-likeness (QED) is 0.574. The minimum Gasteiger partial charge on any atom is -0.243 e. The molecule has 2 unspecified atom stereocenters. The van der Waals surface area contributed by atoms with Gasteiger partial charge in [0.1, 0.15) is 0 Å². The molecule has 1 saturated heterocycles. The van der Waals surface area contributed by atoms with E-state index in [1.165, 1.54) is 6.42 Å². The Balaban J connectivity index is 2.45. The van der Waals surface area contributed by atoms with Gasteiger partial charge in [-0.2, -0.15) is 0 Å². The van der Waals surface area contributed by atoms with Crippen molar-refractivity contribution >= 4 is 11.0 Å². The molecule has 1 aliphatic heterocycles. The highest BCUT2D eigenvalue weighted by Gasteiger charge is 2.18. The molecular weight excluding hydrogens is 158 g/mol. The summed E-state index contributed by atoms with van der Waals surface area (Å²) in [6.07, 6.45) is 6.07. The molecule has 11 heavy (non-hydrogen) atoms. The molecule has 0 spiro atoms. The Morgan fingerprint density at radius 3 is 3.00 bits per heavy atom. The van der Waals surface area contributed by atoms with Gasteiger partial charge in [-0.05, 0) is 18.8 Å². The van der Waals surface area contributed by atoms with Crippen molar-refractivity contribution < 1.29 is 4.21 Å². The molecule has 0 aliphatic carbocycles. The molecule has 3 heteroatoms. The Morgan fingerprint density at radius 1 is 1.73 bits per heavy atom. The van der Waals surface area contributed by atoms with Crippen molar-refractivity contribution in [1.29, 1.82) is 0 Å². The maximum absolute atomic E-state index is 11.1. The van der Waals surface area contributed by atoms with E-state index in [1.807, 2.05) is 10.4 Å². The van der Waals surface area contributed by atoms with Crippen LogP contribution in [0.25, 0.3) is 0 Å². The summed E-state index contributed by atoms with van der Waals surface area (Å²) in [7, 11) is -0.789. The van der Waals surface area contributed by atoms with Gasteiger partial charge in [-0.25, -0.2) is 8.51 Å². The van der Waals surface area contributed by atoms with Crippen LogP contribution in [0.5, 0.6) is 0 Å². The molecule has 0 radical (unpaired) electrons. The van der Waals surface area contributed by atoms with E-state index in [2.05, 4.69) is 6.58 Å². The van der Waals surface area contributed by atoms with Crippen LogP contribution in [0.15, 0.2) is 12.7 Å². The summed E-state index contributed by atoms with van der Waals surface area (Å²) >= 11 is 0. The molecule has 0 aromatic carbocycles. The van der Waals surface area contributed by atoms with E-state index in [4.69, 9.17) is 0 Å². The van der Waals surface area contributed by atoms with Gasteiger partial charge in [0.05, 0.1) is 11.0 Å². The van der Waals surface area contributed by atoms with Crippen molar-refractivity contribution in [2.75, 3.05) is 19.3 Å². The largest absolute Gasteiger partial charge is 0.243 e. The summed E-state index contributed by atoms with van der Waals surface area (Å²) in [5, 5.41) is 0. The van der Waals surface area contributed by atoms with Crippen LogP contribution in [0, 0.1) is 5.92 Å². The standard InChI is InChI=1S/C8H15NOS/c1-3-8-5-4-6-9(7-8)11(2)10/h3,8H,1,4-7H2,2H3. The highest BCUT2D eigenvalue weighted by Crippen LogP contribution is 2.17. The molecular formula is C8H15NOS. The van der Waals surface area contributed by atoms with Gasteiger partial charge in [0, 0.05) is 19.3 Å². The molecule has 0 amide bonds. The summed E-state index contributed by atoms with van der Waals surface area (Å²) in [5.41, 5.74) is 0. The Labute approximate surface area is 70.9 Å². The zero-order valence-electron chi connectivity index (χ0n) is 6.95. The third-order valence-corrected chi connectivity index (χ3v) is 3.18. The van der Waals surface area contributed by atoms with Crippen molar-refractivity contribution in [3.05, 3.63) is 12.7 Å². The van der Waals surface area contributed by atoms with E-state index < -0.39 is 11.0 Å². The number of nitrogens with zero attached hydrogens (tertiary/aromatic N) is 1.